The number of thiazole rings is 1. The highest BCUT2D eigenvalue weighted by Gasteiger charge is 2.15. The fourth-order valence-corrected chi connectivity index (χ4v) is 4.63. The Bertz CT molecular complexity index is 1170. The van der Waals surface area contributed by atoms with Crippen molar-refractivity contribution in [3.05, 3.63) is 70.7 Å². The topological polar surface area (TPSA) is 76.4 Å². The molecule has 0 radical (unpaired) electrons. The maximum absolute atomic E-state index is 12.3. The largest absolute Gasteiger partial charge is 0.240 e. The first-order valence-electron chi connectivity index (χ1n) is 8.17. The van der Waals surface area contributed by atoms with Crippen LogP contribution >= 0.6 is 22.9 Å². The molecule has 0 saturated heterocycles. The van der Waals surface area contributed by atoms with Gasteiger partial charge in [-0.25, -0.2) is 17.7 Å². The Hall–Kier alpha value is -2.26. The van der Waals surface area contributed by atoms with E-state index in [-0.39, 0.29) is 11.4 Å². The molecule has 0 fully saturated rings. The van der Waals surface area contributed by atoms with Gasteiger partial charge in [0.15, 0.2) is 5.82 Å². The minimum atomic E-state index is -3.57. The van der Waals surface area contributed by atoms with Gasteiger partial charge in [0.05, 0.1) is 10.6 Å². The van der Waals surface area contributed by atoms with E-state index in [2.05, 4.69) is 14.8 Å². The fourth-order valence-electron chi connectivity index (χ4n) is 2.62. The molecule has 0 aliphatic rings. The molecule has 2 heterocycles. The minimum absolute atomic E-state index is 0.189. The Morgan fingerprint density at radius 2 is 1.81 bits per heavy atom. The Kier molecular flexibility index (Phi) is 4.96. The van der Waals surface area contributed by atoms with E-state index in [0.29, 0.717) is 17.3 Å². The first-order chi connectivity index (χ1) is 13.0. The number of aromatic nitrogens is 3. The molecule has 2 aromatic heterocycles. The third-order valence-electron chi connectivity index (χ3n) is 3.98. The quantitative estimate of drug-likeness (QED) is 0.518. The molecule has 0 atom stereocenters. The summed E-state index contributed by atoms with van der Waals surface area (Å²) in [5.41, 5.74) is 1.85. The highest BCUT2D eigenvalue weighted by molar-refractivity contribution is 7.89. The zero-order valence-corrected chi connectivity index (χ0v) is 16.4. The molecule has 27 heavy (non-hydrogen) atoms. The molecule has 0 saturated carbocycles. The van der Waals surface area contributed by atoms with E-state index < -0.39 is 10.0 Å². The van der Waals surface area contributed by atoms with Crippen molar-refractivity contribution in [3.8, 4) is 11.4 Å². The predicted octanol–water partition coefficient (Wildman–Crippen LogP) is 3.63. The van der Waals surface area contributed by atoms with Gasteiger partial charge >= 0.3 is 0 Å². The van der Waals surface area contributed by atoms with Gasteiger partial charge in [-0.15, -0.1) is 16.4 Å². The lowest BCUT2D eigenvalue weighted by Gasteiger charge is -2.06. The lowest BCUT2D eigenvalue weighted by molar-refractivity contribution is 0.581. The van der Waals surface area contributed by atoms with Crippen LogP contribution in [0.15, 0.2) is 64.9 Å². The zero-order valence-electron chi connectivity index (χ0n) is 14.0. The van der Waals surface area contributed by atoms with Crippen LogP contribution in [0.3, 0.4) is 0 Å². The highest BCUT2D eigenvalue weighted by Crippen LogP contribution is 2.21. The SMILES string of the molecule is O=S(=O)(NCCc1csc2nc(-c3ccccc3)nn12)c1ccc(Cl)cc1. The number of benzene rings is 2. The molecule has 138 valence electrons. The number of fused-ring (bicyclic) bond motifs is 1. The molecule has 0 unspecified atom stereocenters. The van der Waals surface area contributed by atoms with Crippen molar-refractivity contribution in [1.82, 2.24) is 19.3 Å². The lowest BCUT2D eigenvalue weighted by atomic mass is 10.2. The van der Waals surface area contributed by atoms with Crippen LogP contribution in [-0.2, 0) is 16.4 Å². The fraction of sp³-hybridized carbons (Fsp3) is 0.111. The molecule has 4 aromatic rings. The second kappa shape index (κ2) is 7.40. The normalized spacial score (nSPS) is 11.9. The summed E-state index contributed by atoms with van der Waals surface area (Å²) in [6.07, 6.45) is 0.504. The summed E-state index contributed by atoms with van der Waals surface area (Å²) >= 11 is 7.29. The number of rotatable bonds is 6. The van der Waals surface area contributed by atoms with Gasteiger partial charge in [-0.3, -0.25) is 0 Å². The summed E-state index contributed by atoms with van der Waals surface area (Å²) in [6.45, 7) is 0.261. The average molecular weight is 419 g/mol. The zero-order chi connectivity index (χ0) is 18.9. The molecule has 9 heteroatoms. The molecule has 0 amide bonds. The van der Waals surface area contributed by atoms with E-state index in [1.54, 1.807) is 16.6 Å². The van der Waals surface area contributed by atoms with Gasteiger partial charge in [-0.05, 0) is 24.3 Å². The van der Waals surface area contributed by atoms with Crippen molar-refractivity contribution < 1.29 is 8.42 Å². The third-order valence-corrected chi connectivity index (χ3v) is 6.57. The highest BCUT2D eigenvalue weighted by atomic mass is 35.5. The molecule has 1 N–H and O–H groups in total. The van der Waals surface area contributed by atoms with Crippen molar-refractivity contribution in [1.29, 1.82) is 0 Å². The Labute approximate surface area is 165 Å². The van der Waals surface area contributed by atoms with Crippen LogP contribution in [0.2, 0.25) is 5.02 Å². The van der Waals surface area contributed by atoms with Crippen molar-refractivity contribution in [2.45, 2.75) is 11.3 Å². The van der Waals surface area contributed by atoms with E-state index in [9.17, 15) is 8.42 Å². The van der Waals surface area contributed by atoms with Crippen LogP contribution in [0.25, 0.3) is 16.3 Å². The van der Waals surface area contributed by atoms with E-state index in [1.165, 1.54) is 23.5 Å². The second-order valence-electron chi connectivity index (χ2n) is 5.82. The summed E-state index contributed by atoms with van der Waals surface area (Å²) in [5, 5.41) is 6.99. The van der Waals surface area contributed by atoms with Gasteiger partial charge in [0.1, 0.15) is 0 Å². The van der Waals surface area contributed by atoms with Gasteiger partial charge in [-0.2, -0.15) is 4.98 Å². The molecule has 4 rings (SSSR count). The van der Waals surface area contributed by atoms with Crippen molar-refractivity contribution >= 4 is 37.9 Å². The van der Waals surface area contributed by atoms with E-state index in [1.807, 2.05) is 35.7 Å². The molecule has 2 aromatic carbocycles. The predicted molar refractivity (Wildman–Crippen MR) is 107 cm³/mol. The Balaban J connectivity index is 1.48. The van der Waals surface area contributed by atoms with E-state index in [0.717, 1.165) is 16.2 Å². The first kappa shape index (κ1) is 18.1. The van der Waals surface area contributed by atoms with Crippen LogP contribution in [0, 0.1) is 0 Å². The monoisotopic (exact) mass is 418 g/mol. The lowest BCUT2D eigenvalue weighted by Crippen LogP contribution is -2.26. The van der Waals surface area contributed by atoms with Crippen LogP contribution in [0.5, 0.6) is 0 Å². The van der Waals surface area contributed by atoms with Gasteiger partial charge in [0.25, 0.3) is 0 Å². The number of hydrogen-bond acceptors (Lipinski definition) is 5. The summed E-state index contributed by atoms with van der Waals surface area (Å²) < 4.78 is 29.1. The minimum Gasteiger partial charge on any atom is -0.211 e. The molecule has 0 aliphatic heterocycles. The van der Waals surface area contributed by atoms with Crippen LogP contribution in [-0.4, -0.2) is 29.6 Å². The van der Waals surface area contributed by atoms with Gasteiger partial charge in [-0.1, -0.05) is 41.9 Å². The summed E-state index contributed by atoms with van der Waals surface area (Å²) in [7, 11) is -3.57. The number of sulfonamides is 1. The van der Waals surface area contributed by atoms with E-state index in [4.69, 9.17) is 11.6 Å². The summed E-state index contributed by atoms with van der Waals surface area (Å²) in [6, 6.07) is 15.8. The third kappa shape index (κ3) is 3.89. The standard InChI is InChI=1S/C18H15ClN4O2S2/c19-14-6-8-16(9-7-14)27(24,25)20-11-10-15-12-26-18-21-17(22-23(15)18)13-4-2-1-3-5-13/h1-9,12,20H,10-11H2. The van der Waals surface area contributed by atoms with Crippen molar-refractivity contribution in [3.63, 3.8) is 0 Å². The summed E-state index contributed by atoms with van der Waals surface area (Å²) in [4.78, 5) is 5.51. The Morgan fingerprint density at radius 1 is 1.07 bits per heavy atom. The van der Waals surface area contributed by atoms with Gasteiger partial charge < -0.3 is 0 Å². The maximum Gasteiger partial charge on any atom is 0.240 e. The van der Waals surface area contributed by atoms with Crippen LogP contribution in [0.4, 0.5) is 0 Å². The first-order valence-corrected chi connectivity index (χ1v) is 10.9. The molecular weight excluding hydrogens is 404 g/mol. The maximum atomic E-state index is 12.3. The van der Waals surface area contributed by atoms with Crippen LogP contribution < -0.4 is 4.72 Å². The average Bonchev–Trinajstić information content (AvgIpc) is 3.24. The number of nitrogens with one attached hydrogen (secondary N) is 1. The number of nitrogens with zero attached hydrogens (tertiary/aromatic N) is 3. The Morgan fingerprint density at radius 3 is 2.56 bits per heavy atom. The number of halogens is 1. The second-order valence-corrected chi connectivity index (χ2v) is 8.86. The van der Waals surface area contributed by atoms with Gasteiger partial charge in [0, 0.05) is 28.9 Å². The molecule has 0 spiro atoms. The summed E-state index contributed by atoms with van der Waals surface area (Å²) in [5.74, 6) is 0.658. The van der Waals surface area contributed by atoms with Crippen molar-refractivity contribution in [2.75, 3.05) is 6.54 Å². The smallest absolute Gasteiger partial charge is 0.211 e. The van der Waals surface area contributed by atoms with Crippen LogP contribution in [0.1, 0.15) is 5.69 Å². The van der Waals surface area contributed by atoms with Crippen molar-refractivity contribution in [2.24, 2.45) is 0 Å². The van der Waals surface area contributed by atoms with Gasteiger partial charge in [0.2, 0.25) is 15.0 Å². The molecule has 0 aliphatic carbocycles. The molecule has 6 nitrogen and oxygen atoms in total. The molecular formula is C18H15ClN4O2S2. The molecule has 0 bridgehead atoms. The van der Waals surface area contributed by atoms with E-state index >= 15 is 0 Å². The number of hydrogen-bond donors (Lipinski definition) is 1.